The molecule has 1 unspecified atom stereocenters. The summed E-state index contributed by atoms with van der Waals surface area (Å²) >= 11 is 3.44. The molecule has 2 rings (SSSR count). The van der Waals surface area contributed by atoms with E-state index in [1.165, 1.54) is 0 Å². The van der Waals surface area contributed by atoms with Gasteiger partial charge in [0, 0.05) is 36.7 Å². The van der Waals surface area contributed by atoms with Crippen molar-refractivity contribution in [1.29, 1.82) is 0 Å². The van der Waals surface area contributed by atoms with Gasteiger partial charge in [-0.25, -0.2) is 4.79 Å². The van der Waals surface area contributed by atoms with Gasteiger partial charge < -0.3 is 19.5 Å². The number of methoxy groups -OCH3 is 1. The number of carbonyl (C=O) groups excluding carboxylic acids is 1. The number of cyclic esters (lactones) is 1. The third-order valence-corrected chi connectivity index (χ3v) is 3.47. The van der Waals surface area contributed by atoms with Crippen molar-refractivity contribution in [3.8, 4) is 5.75 Å². The molecular weight excluding hydrogens is 326 g/mol. The van der Waals surface area contributed by atoms with Gasteiger partial charge in [0.15, 0.2) is 6.10 Å². The molecule has 110 valence electrons. The second-order valence-electron chi connectivity index (χ2n) is 4.48. The molecule has 1 atom stereocenters. The number of carbonyl (C=O) groups is 1. The van der Waals surface area contributed by atoms with Crippen LogP contribution in [0.3, 0.4) is 0 Å². The minimum Gasteiger partial charge on any atom is -0.478 e. The monoisotopic (exact) mass is 343 g/mol. The zero-order chi connectivity index (χ0) is 14.4. The summed E-state index contributed by atoms with van der Waals surface area (Å²) in [6.07, 6.45) is 0.111. The highest BCUT2D eigenvalue weighted by Gasteiger charge is 2.28. The molecule has 0 radical (unpaired) electrons. The minimum absolute atomic E-state index is 0.286. The number of hydrogen-bond donors (Lipinski definition) is 1. The molecule has 5 nitrogen and oxygen atoms in total. The van der Waals surface area contributed by atoms with Crippen molar-refractivity contribution in [1.82, 2.24) is 5.32 Å². The van der Waals surface area contributed by atoms with Gasteiger partial charge in [-0.15, -0.1) is 0 Å². The SMILES string of the molecule is COCCNCc1cc(Br)ccc1OC1CCOC1=O. The Hall–Kier alpha value is -1.11. The van der Waals surface area contributed by atoms with E-state index in [2.05, 4.69) is 21.2 Å². The number of nitrogens with one attached hydrogen (secondary N) is 1. The van der Waals surface area contributed by atoms with Gasteiger partial charge in [0.25, 0.3) is 0 Å². The average Bonchev–Trinajstić information content (AvgIpc) is 2.83. The highest BCUT2D eigenvalue weighted by atomic mass is 79.9. The zero-order valence-corrected chi connectivity index (χ0v) is 12.9. The van der Waals surface area contributed by atoms with Crippen LogP contribution in [0.1, 0.15) is 12.0 Å². The largest absolute Gasteiger partial charge is 0.478 e. The lowest BCUT2D eigenvalue weighted by Crippen LogP contribution is -2.24. The molecule has 0 saturated carbocycles. The van der Waals surface area contributed by atoms with E-state index in [1.54, 1.807) is 7.11 Å². The van der Waals surface area contributed by atoms with Gasteiger partial charge in [0.05, 0.1) is 13.2 Å². The summed E-state index contributed by atoms with van der Waals surface area (Å²) in [7, 11) is 1.67. The van der Waals surface area contributed by atoms with Crippen LogP contribution in [-0.2, 0) is 20.8 Å². The summed E-state index contributed by atoms with van der Waals surface area (Å²) in [5.74, 6) is 0.424. The van der Waals surface area contributed by atoms with Gasteiger partial charge in [-0.3, -0.25) is 0 Å². The van der Waals surface area contributed by atoms with Crippen LogP contribution >= 0.6 is 15.9 Å². The van der Waals surface area contributed by atoms with Crippen LogP contribution in [0.4, 0.5) is 0 Å². The van der Waals surface area contributed by atoms with Crippen molar-refractivity contribution in [3.63, 3.8) is 0 Å². The predicted octanol–water partition coefficient (Wildman–Crippen LogP) is 1.88. The molecule has 6 heteroatoms. The Morgan fingerprint density at radius 1 is 1.50 bits per heavy atom. The molecule has 0 bridgehead atoms. The van der Waals surface area contributed by atoms with Crippen LogP contribution in [-0.4, -0.2) is 38.9 Å². The van der Waals surface area contributed by atoms with E-state index in [0.717, 1.165) is 16.6 Å². The Kier molecular flexibility index (Phi) is 5.82. The fourth-order valence-corrected chi connectivity index (χ4v) is 2.34. The normalized spacial score (nSPS) is 18.1. The van der Waals surface area contributed by atoms with Gasteiger partial charge in [0.1, 0.15) is 5.75 Å². The average molecular weight is 344 g/mol. The highest BCUT2D eigenvalue weighted by molar-refractivity contribution is 9.10. The Bertz CT molecular complexity index is 466. The van der Waals surface area contributed by atoms with Crippen LogP contribution < -0.4 is 10.1 Å². The first-order valence-corrected chi connectivity index (χ1v) is 7.31. The first-order valence-electron chi connectivity index (χ1n) is 6.52. The lowest BCUT2D eigenvalue weighted by Gasteiger charge is -2.15. The maximum absolute atomic E-state index is 11.5. The standard InChI is InChI=1S/C14H18BrNO4/c1-18-7-5-16-9-10-8-11(15)2-3-12(10)20-13-4-6-19-14(13)17/h2-3,8,13,16H,4-7,9H2,1H3. The number of rotatable bonds is 7. The van der Waals surface area contributed by atoms with Crippen molar-refractivity contribution in [2.24, 2.45) is 0 Å². The Morgan fingerprint density at radius 2 is 2.35 bits per heavy atom. The van der Waals surface area contributed by atoms with Gasteiger partial charge >= 0.3 is 5.97 Å². The lowest BCUT2D eigenvalue weighted by atomic mass is 10.2. The zero-order valence-electron chi connectivity index (χ0n) is 11.4. The number of hydrogen-bond acceptors (Lipinski definition) is 5. The van der Waals surface area contributed by atoms with Crippen molar-refractivity contribution in [2.75, 3.05) is 26.9 Å². The van der Waals surface area contributed by atoms with Gasteiger partial charge in [-0.05, 0) is 18.2 Å². The molecule has 20 heavy (non-hydrogen) atoms. The Labute approximate surface area is 126 Å². The highest BCUT2D eigenvalue weighted by Crippen LogP contribution is 2.26. The molecule has 1 aromatic rings. The van der Waals surface area contributed by atoms with Crippen LogP contribution in [0.15, 0.2) is 22.7 Å². The van der Waals surface area contributed by atoms with Gasteiger partial charge in [-0.2, -0.15) is 0 Å². The molecule has 0 spiro atoms. The van der Waals surface area contributed by atoms with Crippen molar-refractivity contribution < 1.29 is 19.0 Å². The maximum atomic E-state index is 11.5. The second-order valence-corrected chi connectivity index (χ2v) is 5.40. The van der Waals surface area contributed by atoms with E-state index < -0.39 is 6.10 Å². The number of halogens is 1. The molecule has 1 fully saturated rings. The number of benzene rings is 1. The van der Waals surface area contributed by atoms with Crippen LogP contribution in [0, 0.1) is 0 Å². The van der Waals surface area contributed by atoms with Gasteiger partial charge in [0.2, 0.25) is 0 Å². The topological polar surface area (TPSA) is 56.8 Å². The van der Waals surface area contributed by atoms with Crippen LogP contribution in [0.2, 0.25) is 0 Å². The molecule has 1 N–H and O–H groups in total. The summed E-state index contributed by atoms with van der Waals surface area (Å²) in [6, 6.07) is 5.74. The summed E-state index contributed by atoms with van der Waals surface area (Å²) in [4.78, 5) is 11.5. The number of ether oxygens (including phenoxy) is 3. The van der Waals surface area contributed by atoms with E-state index in [4.69, 9.17) is 14.2 Å². The third kappa shape index (κ3) is 4.19. The molecule has 1 aromatic carbocycles. The van der Waals surface area contributed by atoms with Gasteiger partial charge in [-0.1, -0.05) is 15.9 Å². The minimum atomic E-state index is -0.492. The molecular formula is C14H18BrNO4. The quantitative estimate of drug-likeness (QED) is 0.605. The van der Waals surface area contributed by atoms with Crippen LogP contribution in [0.5, 0.6) is 5.75 Å². The van der Waals surface area contributed by atoms with E-state index in [9.17, 15) is 4.79 Å². The molecule has 1 heterocycles. The summed E-state index contributed by atoms with van der Waals surface area (Å²) in [5.41, 5.74) is 0.996. The summed E-state index contributed by atoms with van der Waals surface area (Å²) in [6.45, 7) is 2.49. The summed E-state index contributed by atoms with van der Waals surface area (Å²) < 4.78 is 16.6. The fourth-order valence-electron chi connectivity index (χ4n) is 1.94. The van der Waals surface area contributed by atoms with E-state index in [0.29, 0.717) is 31.9 Å². The molecule has 1 saturated heterocycles. The smallest absolute Gasteiger partial charge is 0.347 e. The van der Waals surface area contributed by atoms with Crippen molar-refractivity contribution in [3.05, 3.63) is 28.2 Å². The molecule has 0 amide bonds. The predicted molar refractivity (Wildman–Crippen MR) is 77.7 cm³/mol. The molecule has 0 aliphatic carbocycles. The Morgan fingerprint density at radius 3 is 3.05 bits per heavy atom. The lowest BCUT2D eigenvalue weighted by molar-refractivity contribution is -0.143. The van der Waals surface area contributed by atoms with E-state index >= 15 is 0 Å². The molecule has 0 aromatic heterocycles. The molecule has 1 aliphatic rings. The first-order chi connectivity index (χ1) is 9.70. The second kappa shape index (κ2) is 7.61. The summed E-state index contributed by atoms with van der Waals surface area (Å²) in [5, 5.41) is 3.26. The first kappa shape index (κ1) is 15.3. The van der Waals surface area contributed by atoms with Crippen molar-refractivity contribution in [2.45, 2.75) is 19.1 Å². The number of esters is 1. The fraction of sp³-hybridized carbons (Fsp3) is 0.500. The van der Waals surface area contributed by atoms with Crippen molar-refractivity contribution >= 4 is 21.9 Å². The Balaban J connectivity index is 2.01. The van der Waals surface area contributed by atoms with Crippen LogP contribution in [0.25, 0.3) is 0 Å². The third-order valence-electron chi connectivity index (χ3n) is 2.98. The maximum Gasteiger partial charge on any atom is 0.347 e. The van der Waals surface area contributed by atoms with E-state index in [-0.39, 0.29) is 5.97 Å². The van der Waals surface area contributed by atoms with E-state index in [1.807, 2.05) is 18.2 Å². The molecule has 1 aliphatic heterocycles.